The summed E-state index contributed by atoms with van der Waals surface area (Å²) in [5, 5.41) is 15.1. The highest BCUT2D eigenvalue weighted by molar-refractivity contribution is 5.67. The predicted molar refractivity (Wildman–Crippen MR) is 99.4 cm³/mol. The average Bonchev–Trinajstić information content (AvgIpc) is 2.68. The van der Waals surface area contributed by atoms with Crippen LogP contribution in [0.15, 0.2) is 60.7 Å². The number of rotatable bonds is 8. The first-order valence-corrected chi connectivity index (χ1v) is 8.25. The van der Waals surface area contributed by atoms with E-state index in [0.29, 0.717) is 29.7 Å². The van der Waals surface area contributed by atoms with Gasteiger partial charge in [-0.1, -0.05) is 30.3 Å². The maximum atomic E-state index is 12.2. The molecule has 0 radical (unpaired) electrons. The van der Waals surface area contributed by atoms with Gasteiger partial charge in [0.2, 0.25) is 5.95 Å². The van der Waals surface area contributed by atoms with Crippen molar-refractivity contribution < 1.29 is 18.6 Å². The first-order chi connectivity index (χ1) is 13.1. The van der Waals surface area contributed by atoms with Gasteiger partial charge in [0.1, 0.15) is 11.6 Å². The van der Waals surface area contributed by atoms with Crippen LogP contribution in [-0.2, 0) is 0 Å². The number of anilines is 3. The SMILES string of the molecule is OCCNc1nc(Nc2ccc(OC(F)F)cc2)cc(-c2ccccc2)n1. The molecule has 0 aliphatic carbocycles. The van der Waals surface area contributed by atoms with E-state index >= 15 is 0 Å². The number of aliphatic hydroxyl groups excluding tert-OH is 1. The second-order valence-corrected chi connectivity index (χ2v) is 5.51. The normalized spacial score (nSPS) is 10.7. The molecule has 0 unspecified atom stereocenters. The van der Waals surface area contributed by atoms with Gasteiger partial charge in [-0.15, -0.1) is 0 Å². The van der Waals surface area contributed by atoms with Crippen LogP contribution in [0.3, 0.4) is 0 Å². The summed E-state index contributed by atoms with van der Waals surface area (Å²) >= 11 is 0. The van der Waals surface area contributed by atoms with Gasteiger partial charge in [-0.05, 0) is 24.3 Å². The van der Waals surface area contributed by atoms with Crippen molar-refractivity contribution in [2.75, 3.05) is 23.8 Å². The summed E-state index contributed by atoms with van der Waals surface area (Å²) in [7, 11) is 0. The Morgan fingerprint density at radius 1 is 1.00 bits per heavy atom. The quantitative estimate of drug-likeness (QED) is 0.557. The van der Waals surface area contributed by atoms with E-state index in [1.54, 1.807) is 18.2 Å². The zero-order valence-electron chi connectivity index (χ0n) is 14.3. The van der Waals surface area contributed by atoms with Crippen LogP contribution in [0, 0.1) is 0 Å². The summed E-state index contributed by atoms with van der Waals surface area (Å²) in [5.74, 6) is 0.964. The molecule has 0 saturated carbocycles. The molecular weight excluding hydrogens is 354 g/mol. The fourth-order valence-corrected chi connectivity index (χ4v) is 2.38. The van der Waals surface area contributed by atoms with E-state index in [1.807, 2.05) is 30.3 Å². The molecule has 0 spiro atoms. The molecule has 2 aromatic carbocycles. The Bertz CT molecular complexity index is 861. The maximum Gasteiger partial charge on any atom is 0.387 e. The first-order valence-electron chi connectivity index (χ1n) is 8.25. The van der Waals surface area contributed by atoms with Gasteiger partial charge in [-0.3, -0.25) is 0 Å². The molecule has 3 rings (SSSR count). The van der Waals surface area contributed by atoms with Crippen LogP contribution < -0.4 is 15.4 Å². The number of hydrogen-bond donors (Lipinski definition) is 3. The molecule has 3 aromatic rings. The molecule has 6 nitrogen and oxygen atoms in total. The average molecular weight is 372 g/mol. The third-order valence-electron chi connectivity index (χ3n) is 3.54. The van der Waals surface area contributed by atoms with Crippen LogP contribution >= 0.6 is 0 Å². The fourth-order valence-electron chi connectivity index (χ4n) is 2.38. The van der Waals surface area contributed by atoms with Crippen LogP contribution in [-0.4, -0.2) is 34.8 Å². The van der Waals surface area contributed by atoms with Crippen molar-refractivity contribution in [2.24, 2.45) is 0 Å². The minimum Gasteiger partial charge on any atom is -0.435 e. The van der Waals surface area contributed by atoms with E-state index in [0.717, 1.165) is 5.56 Å². The van der Waals surface area contributed by atoms with Crippen molar-refractivity contribution in [1.29, 1.82) is 0 Å². The van der Waals surface area contributed by atoms with Crippen LogP contribution in [0.5, 0.6) is 5.75 Å². The summed E-state index contributed by atoms with van der Waals surface area (Å²) in [6, 6.07) is 17.5. The highest BCUT2D eigenvalue weighted by Gasteiger charge is 2.08. The Morgan fingerprint density at radius 3 is 2.41 bits per heavy atom. The van der Waals surface area contributed by atoms with E-state index < -0.39 is 6.61 Å². The fraction of sp³-hybridized carbons (Fsp3) is 0.158. The Labute approximate surface area is 154 Å². The molecule has 0 aliphatic rings. The van der Waals surface area contributed by atoms with Crippen molar-refractivity contribution in [1.82, 2.24) is 9.97 Å². The lowest BCUT2D eigenvalue weighted by molar-refractivity contribution is -0.0498. The molecule has 0 atom stereocenters. The zero-order valence-corrected chi connectivity index (χ0v) is 14.3. The van der Waals surface area contributed by atoms with E-state index in [9.17, 15) is 8.78 Å². The molecule has 1 heterocycles. The summed E-state index contributed by atoms with van der Waals surface area (Å²) in [6.07, 6.45) is 0. The molecule has 0 saturated heterocycles. The lowest BCUT2D eigenvalue weighted by atomic mass is 10.1. The number of alkyl halides is 2. The molecule has 8 heteroatoms. The highest BCUT2D eigenvalue weighted by atomic mass is 19.3. The van der Waals surface area contributed by atoms with E-state index in [4.69, 9.17) is 5.11 Å². The largest absolute Gasteiger partial charge is 0.435 e. The Balaban J connectivity index is 1.85. The van der Waals surface area contributed by atoms with Gasteiger partial charge in [-0.2, -0.15) is 13.8 Å². The number of ether oxygens (including phenoxy) is 1. The molecule has 27 heavy (non-hydrogen) atoms. The molecule has 140 valence electrons. The van der Waals surface area contributed by atoms with Crippen molar-refractivity contribution in [3.05, 3.63) is 60.7 Å². The number of aliphatic hydroxyl groups is 1. The smallest absolute Gasteiger partial charge is 0.387 e. The van der Waals surface area contributed by atoms with Crippen molar-refractivity contribution in [2.45, 2.75) is 6.61 Å². The topological polar surface area (TPSA) is 79.3 Å². The summed E-state index contributed by atoms with van der Waals surface area (Å²) in [4.78, 5) is 8.82. The second-order valence-electron chi connectivity index (χ2n) is 5.51. The van der Waals surface area contributed by atoms with Gasteiger partial charge >= 0.3 is 6.61 Å². The van der Waals surface area contributed by atoms with E-state index in [2.05, 4.69) is 25.3 Å². The van der Waals surface area contributed by atoms with Crippen LogP contribution in [0.25, 0.3) is 11.3 Å². The van der Waals surface area contributed by atoms with Crippen LogP contribution in [0.1, 0.15) is 0 Å². The van der Waals surface area contributed by atoms with E-state index in [-0.39, 0.29) is 12.4 Å². The molecule has 0 bridgehead atoms. The molecule has 0 fully saturated rings. The lowest BCUT2D eigenvalue weighted by Gasteiger charge is -2.12. The van der Waals surface area contributed by atoms with Gasteiger partial charge in [0, 0.05) is 23.9 Å². The first kappa shape index (κ1) is 18.5. The molecule has 3 N–H and O–H groups in total. The Hall–Kier alpha value is -3.26. The zero-order chi connectivity index (χ0) is 19.1. The highest BCUT2D eigenvalue weighted by Crippen LogP contribution is 2.25. The molecule has 0 amide bonds. The van der Waals surface area contributed by atoms with Crippen LogP contribution in [0.4, 0.5) is 26.2 Å². The van der Waals surface area contributed by atoms with Gasteiger partial charge in [0.15, 0.2) is 0 Å². The van der Waals surface area contributed by atoms with Gasteiger partial charge in [-0.25, -0.2) is 4.98 Å². The summed E-state index contributed by atoms with van der Waals surface area (Å²) < 4.78 is 28.8. The third kappa shape index (κ3) is 5.35. The Morgan fingerprint density at radius 2 is 1.74 bits per heavy atom. The van der Waals surface area contributed by atoms with Gasteiger partial charge < -0.3 is 20.5 Å². The number of aromatic nitrogens is 2. The second kappa shape index (κ2) is 8.91. The van der Waals surface area contributed by atoms with Crippen LogP contribution in [0.2, 0.25) is 0 Å². The summed E-state index contributed by atoms with van der Waals surface area (Å²) in [6.45, 7) is -2.59. The molecular formula is C19H18F2N4O2. The molecule has 0 aliphatic heterocycles. The Kier molecular flexibility index (Phi) is 6.11. The third-order valence-corrected chi connectivity index (χ3v) is 3.54. The number of nitrogens with one attached hydrogen (secondary N) is 2. The minimum absolute atomic E-state index is 0.0483. The number of benzene rings is 2. The number of halogens is 2. The van der Waals surface area contributed by atoms with Crippen molar-refractivity contribution in [3.8, 4) is 17.0 Å². The minimum atomic E-state index is -2.86. The molecule has 1 aromatic heterocycles. The van der Waals surface area contributed by atoms with Gasteiger partial charge in [0.25, 0.3) is 0 Å². The number of nitrogens with zero attached hydrogens (tertiary/aromatic N) is 2. The van der Waals surface area contributed by atoms with Crippen molar-refractivity contribution >= 4 is 17.5 Å². The standard InChI is InChI=1S/C19H18F2N4O2/c20-18(21)27-15-8-6-14(7-9-15)23-17-12-16(13-4-2-1-3-5-13)24-19(25-17)22-10-11-26/h1-9,12,18,26H,10-11H2,(H2,22,23,24,25). The number of hydrogen-bond acceptors (Lipinski definition) is 6. The lowest BCUT2D eigenvalue weighted by Crippen LogP contribution is -2.10. The monoisotopic (exact) mass is 372 g/mol. The van der Waals surface area contributed by atoms with Crippen molar-refractivity contribution in [3.63, 3.8) is 0 Å². The predicted octanol–water partition coefficient (Wildman–Crippen LogP) is 3.89. The maximum absolute atomic E-state index is 12.2. The van der Waals surface area contributed by atoms with E-state index in [1.165, 1.54) is 12.1 Å². The summed E-state index contributed by atoms with van der Waals surface area (Å²) in [5.41, 5.74) is 2.27. The van der Waals surface area contributed by atoms with Gasteiger partial charge in [0.05, 0.1) is 12.3 Å².